The van der Waals surface area contributed by atoms with Crippen LogP contribution in [0.15, 0.2) is 12.4 Å². The van der Waals surface area contributed by atoms with E-state index in [1.54, 1.807) is 11.8 Å². The minimum Gasteiger partial charge on any atom is -0.324 e. The molecule has 1 aromatic heterocycles. The fraction of sp³-hybridized carbons (Fsp3) is 0.615. The summed E-state index contributed by atoms with van der Waals surface area (Å²) in [6, 6.07) is 0. The number of rotatable bonds is 3. The molecule has 0 radical (unpaired) electrons. The first-order chi connectivity index (χ1) is 10.3. The molecule has 0 unspecified atom stereocenters. The van der Waals surface area contributed by atoms with Crippen LogP contribution in [0.25, 0.3) is 0 Å². The molecular formula is C13H14F3N3O2S. The topological polar surface area (TPSA) is 55.2 Å². The summed E-state index contributed by atoms with van der Waals surface area (Å²) >= 11 is 1.63. The van der Waals surface area contributed by atoms with Gasteiger partial charge in [-0.25, -0.2) is 4.98 Å². The molecule has 1 atom stereocenters. The van der Waals surface area contributed by atoms with E-state index in [1.807, 2.05) is 0 Å². The Morgan fingerprint density at radius 2 is 2.14 bits per heavy atom. The van der Waals surface area contributed by atoms with Crippen LogP contribution in [0.4, 0.5) is 13.2 Å². The minimum atomic E-state index is -4.38. The van der Waals surface area contributed by atoms with Crippen LogP contribution in [-0.4, -0.2) is 43.9 Å². The normalized spacial score (nSPS) is 25.7. The molecule has 0 saturated carbocycles. The molecule has 2 aliphatic heterocycles. The number of imidazole rings is 1. The molecule has 120 valence electrons. The fourth-order valence-electron chi connectivity index (χ4n) is 2.91. The molecule has 2 saturated heterocycles. The van der Waals surface area contributed by atoms with E-state index in [1.165, 1.54) is 12.4 Å². The van der Waals surface area contributed by atoms with Crippen molar-refractivity contribution in [1.82, 2.24) is 14.5 Å². The van der Waals surface area contributed by atoms with E-state index in [2.05, 4.69) is 4.98 Å². The molecule has 0 bridgehead atoms. The number of carbonyl (C=O) groups is 2. The Hall–Kier alpha value is -1.51. The molecule has 0 aliphatic carbocycles. The maximum Gasteiger partial charge on any atom is 0.406 e. The zero-order chi connectivity index (χ0) is 16.0. The first kappa shape index (κ1) is 15.4. The lowest BCUT2D eigenvalue weighted by Crippen LogP contribution is -2.36. The van der Waals surface area contributed by atoms with Crippen molar-refractivity contribution >= 4 is 23.6 Å². The van der Waals surface area contributed by atoms with Gasteiger partial charge in [0.2, 0.25) is 11.8 Å². The van der Waals surface area contributed by atoms with Crippen LogP contribution in [0.5, 0.6) is 0 Å². The second kappa shape index (κ2) is 5.29. The number of imide groups is 1. The van der Waals surface area contributed by atoms with E-state index >= 15 is 0 Å². The van der Waals surface area contributed by atoms with E-state index in [0.717, 1.165) is 15.2 Å². The Labute approximate surface area is 128 Å². The summed E-state index contributed by atoms with van der Waals surface area (Å²) in [5.41, 5.74) is -0.650. The van der Waals surface area contributed by atoms with Gasteiger partial charge in [0, 0.05) is 24.6 Å². The maximum absolute atomic E-state index is 12.5. The van der Waals surface area contributed by atoms with Gasteiger partial charge in [-0.15, -0.1) is 0 Å². The number of likely N-dealkylation sites (tertiary alicyclic amines) is 1. The van der Waals surface area contributed by atoms with E-state index in [0.29, 0.717) is 12.2 Å². The van der Waals surface area contributed by atoms with Crippen molar-refractivity contribution in [3.05, 3.63) is 18.2 Å². The third-order valence-electron chi connectivity index (χ3n) is 4.04. The minimum absolute atomic E-state index is 0.0710. The quantitative estimate of drug-likeness (QED) is 0.792. The number of alkyl halides is 3. The molecule has 2 aliphatic rings. The lowest BCUT2D eigenvalue weighted by atomic mass is 9.86. The number of hydrogen-bond acceptors (Lipinski definition) is 4. The van der Waals surface area contributed by atoms with Gasteiger partial charge in [-0.05, 0) is 12.2 Å². The monoisotopic (exact) mass is 333 g/mol. The van der Waals surface area contributed by atoms with E-state index in [9.17, 15) is 22.8 Å². The maximum atomic E-state index is 12.5. The molecule has 0 aromatic carbocycles. The summed E-state index contributed by atoms with van der Waals surface area (Å²) in [5, 5.41) is 0. The van der Waals surface area contributed by atoms with Crippen LogP contribution >= 0.6 is 11.8 Å². The highest BCUT2D eigenvalue weighted by Gasteiger charge is 2.53. The third kappa shape index (κ3) is 2.73. The number of thioether (sulfide) groups is 1. The number of hydrogen-bond donors (Lipinski definition) is 0. The summed E-state index contributed by atoms with van der Waals surface area (Å²) in [6.07, 6.45) is -1.13. The summed E-state index contributed by atoms with van der Waals surface area (Å²) in [4.78, 5) is 29.5. The zero-order valence-electron chi connectivity index (χ0n) is 11.6. The van der Waals surface area contributed by atoms with Gasteiger partial charge in [-0.2, -0.15) is 24.9 Å². The number of halogens is 3. The summed E-state index contributed by atoms with van der Waals surface area (Å²) in [5.74, 6) is 0.903. The predicted molar refractivity (Wildman–Crippen MR) is 72.8 cm³/mol. The SMILES string of the molecule is O=C1C[C@@]2(CCSC2)C(=O)N1Cc1nccn1CC(F)(F)F. The van der Waals surface area contributed by atoms with Crippen molar-refractivity contribution in [2.75, 3.05) is 11.5 Å². The average molecular weight is 333 g/mol. The van der Waals surface area contributed by atoms with Gasteiger partial charge >= 0.3 is 6.18 Å². The third-order valence-corrected chi connectivity index (χ3v) is 5.29. The largest absolute Gasteiger partial charge is 0.406 e. The van der Waals surface area contributed by atoms with Crippen LogP contribution in [0.2, 0.25) is 0 Å². The summed E-state index contributed by atoms with van der Waals surface area (Å²) in [7, 11) is 0. The average Bonchev–Trinajstić information content (AvgIpc) is 3.08. The highest BCUT2D eigenvalue weighted by atomic mass is 32.2. The molecule has 5 nitrogen and oxygen atoms in total. The van der Waals surface area contributed by atoms with Gasteiger partial charge in [0.05, 0.1) is 12.0 Å². The molecule has 0 N–H and O–H groups in total. The molecule has 3 rings (SSSR count). The number of nitrogens with zero attached hydrogens (tertiary/aromatic N) is 3. The molecule has 1 spiro atoms. The first-order valence-electron chi connectivity index (χ1n) is 6.80. The standard InChI is InChI=1S/C13H14F3N3O2S/c14-13(15,16)7-18-3-2-17-9(18)6-19-10(20)5-12(11(19)21)1-4-22-8-12/h2-3H,1,4-8H2/t12-/m1/s1. The molecule has 2 amide bonds. The van der Waals surface area contributed by atoms with Crippen molar-refractivity contribution in [1.29, 1.82) is 0 Å². The van der Waals surface area contributed by atoms with E-state index in [4.69, 9.17) is 0 Å². The lowest BCUT2D eigenvalue weighted by molar-refractivity contribution is -0.142. The van der Waals surface area contributed by atoms with Gasteiger partial charge in [-0.3, -0.25) is 14.5 Å². The predicted octanol–water partition coefficient (Wildman–Crippen LogP) is 1.83. The van der Waals surface area contributed by atoms with Crippen LogP contribution in [0.1, 0.15) is 18.7 Å². The molecule has 3 heterocycles. The molecule has 1 aromatic rings. The zero-order valence-corrected chi connectivity index (χ0v) is 12.4. The Morgan fingerprint density at radius 3 is 2.77 bits per heavy atom. The second-order valence-corrected chi connectivity index (χ2v) is 6.74. The highest BCUT2D eigenvalue weighted by molar-refractivity contribution is 7.99. The Kier molecular flexibility index (Phi) is 3.70. The van der Waals surface area contributed by atoms with Gasteiger partial charge in [0.1, 0.15) is 12.4 Å². The van der Waals surface area contributed by atoms with Crippen molar-refractivity contribution < 1.29 is 22.8 Å². The van der Waals surface area contributed by atoms with Gasteiger partial charge < -0.3 is 4.57 Å². The summed E-state index contributed by atoms with van der Waals surface area (Å²) in [6.45, 7) is -1.38. The Balaban J connectivity index is 1.78. The molecule has 22 heavy (non-hydrogen) atoms. The van der Waals surface area contributed by atoms with Crippen LogP contribution in [0.3, 0.4) is 0 Å². The molecule has 9 heteroatoms. The van der Waals surface area contributed by atoms with Crippen LogP contribution in [-0.2, 0) is 22.7 Å². The first-order valence-corrected chi connectivity index (χ1v) is 7.96. The molecular weight excluding hydrogens is 319 g/mol. The van der Waals surface area contributed by atoms with Gasteiger partial charge in [-0.1, -0.05) is 0 Å². The highest BCUT2D eigenvalue weighted by Crippen LogP contribution is 2.45. The van der Waals surface area contributed by atoms with Crippen molar-refractivity contribution in [2.45, 2.75) is 32.1 Å². The van der Waals surface area contributed by atoms with Crippen LogP contribution in [0, 0.1) is 5.41 Å². The van der Waals surface area contributed by atoms with E-state index < -0.39 is 18.1 Å². The Morgan fingerprint density at radius 1 is 1.36 bits per heavy atom. The van der Waals surface area contributed by atoms with Crippen LogP contribution < -0.4 is 0 Å². The van der Waals surface area contributed by atoms with Crippen molar-refractivity contribution in [3.8, 4) is 0 Å². The van der Waals surface area contributed by atoms with Crippen molar-refractivity contribution in [2.24, 2.45) is 5.41 Å². The number of aromatic nitrogens is 2. The van der Waals surface area contributed by atoms with Gasteiger partial charge in [0.15, 0.2) is 0 Å². The molecule has 2 fully saturated rings. The van der Waals surface area contributed by atoms with Crippen molar-refractivity contribution in [3.63, 3.8) is 0 Å². The van der Waals surface area contributed by atoms with E-state index in [-0.39, 0.29) is 30.6 Å². The summed E-state index contributed by atoms with van der Waals surface area (Å²) < 4.78 is 38.4. The Bertz CT molecular complexity index is 608. The number of carbonyl (C=O) groups excluding carboxylic acids is 2. The smallest absolute Gasteiger partial charge is 0.324 e. The second-order valence-electron chi connectivity index (χ2n) is 5.63. The number of amides is 2. The lowest BCUT2D eigenvalue weighted by Gasteiger charge is -2.20. The van der Waals surface area contributed by atoms with Gasteiger partial charge in [0.25, 0.3) is 0 Å². The fourth-order valence-corrected chi connectivity index (χ4v) is 4.35.